The Labute approximate surface area is 177 Å². The number of nitrogens with zero attached hydrogens (tertiary/aromatic N) is 2. The summed E-state index contributed by atoms with van der Waals surface area (Å²) in [6.45, 7) is 2.03. The number of carbonyl (C=O) groups is 3. The second-order valence-electron chi connectivity index (χ2n) is 9.48. The van der Waals surface area contributed by atoms with Crippen LogP contribution in [0.1, 0.15) is 72.9 Å². The van der Waals surface area contributed by atoms with E-state index in [4.69, 9.17) is 5.73 Å². The third-order valence-corrected chi connectivity index (χ3v) is 7.55. The van der Waals surface area contributed by atoms with Crippen molar-refractivity contribution in [3.05, 3.63) is 34.9 Å². The van der Waals surface area contributed by atoms with E-state index in [9.17, 15) is 14.4 Å². The summed E-state index contributed by atoms with van der Waals surface area (Å²) in [5.41, 5.74) is 9.31. The minimum Gasteiger partial charge on any atom is -0.326 e. The van der Waals surface area contributed by atoms with E-state index in [0.29, 0.717) is 13.0 Å². The van der Waals surface area contributed by atoms with Crippen LogP contribution in [-0.2, 0) is 22.7 Å². The predicted molar refractivity (Wildman–Crippen MR) is 111 cm³/mol. The van der Waals surface area contributed by atoms with Gasteiger partial charge in [0.2, 0.25) is 11.8 Å². The van der Waals surface area contributed by atoms with Gasteiger partial charge < -0.3 is 10.6 Å². The zero-order chi connectivity index (χ0) is 20.9. The highest BCUT2D eigenvalue weighted by atomic mass is 16.2. The first-order valence-electron chi connectivity index (χ1n) is 11.2. The van der Waals surface area contributed by atoms with E-state index in [1.807, 2.05) is 18.2 Å². The Balaban J connectivity index is 1.40. The van der Waals surface area contributed by atoms with Crippen molar-refractivity contribution in [1.82, 2.24) is 15.1 Å². The maximum Gasteiger partial charge on any atom is 0.255 e. The zero-order valence-corrected chi connectivity index (χ0v) is 17.4. The molecule has 4 aliphatic rings. The fourth-order valence-corrected chi connectivity index (χ4v) is 6.15. The van der Waals surface area contributed by atoms with Gasteiger partial charge >= 0.3 is 0 Å². The summed E-state index contributed by atoms with van der Waals surface area (Å²) in [5, 5.41) is 2.38. The van der Waals surface area contributed by atoms with Crippen LogP contribution in [0.15, 0.2) is 18.2 Å². The Morgan fingerprint density at radius 1 is 1.13 bits per heavy atom. The first-order valence-corrected chi connectivity index (χ1v) is 11.2. The van der Waals surface area contributed by atoms with Crippen molar-refractivity contribution < 1.29 is 14.4 Å². The molecule has 2 atom stereocenters. The quantitative estimate of drug-likeness (QED) is 0.740. The summed E-state index contributed by atoms with van der Waals surface area (Å²) in [4.78, 5) is 41.4. The van der Waals surface area contributed by atoms with Gasteiger partial charge in [0.25, 0.3) is 5.91 Å². The Morgan fingerprint density at radius 2 is 1.93 bits per heavy atom. The van der Waals surface area contributed by atoms with Crippen LogP contribution >= 0.6 is 0 Å². The summed E-state index contributed by atoms with van der Waals surface area (Å²) in [5.74, 6) is -0.707. The molecule has 3 aliphatic heterocycles. The van der Waals surface area contributed by atoms with Gasteiger partial charge in [-0.25, -0.2) is 0 Å². The van der Waals surface area contributed by atoms with Gasteiger partial charge in [0, 0.05) is 43.2 Å². The van der Waals surface area contributed by atoms with E-state index in [-0.39, 0.29) is 35.7 Å². The first kappa shape index (κ1) is 19.7. The van der Waals surface area contributed by atoms with Crippen molar-refractivity contribution in [3.8, 4) is 0 Å². The molecular weight excluding hydrogens is 380 g/mol. The standard InChI is InChI=1S/C23H30N4O3/c24-17-11-23(9-2-1-3-10-23)26(14-17)12-15-5-4-6-16-13-27(22(30)20(15)16)18-7-8-19(28)25-21(18)29/h4-6,17-18H,1-3,7-14,24H2,(H,25,28,29). The summed E-state index contributed by atoms with van der Waals surface area (Å²) >= 11 is 0. The van der Waals surface area contributed by atoms with Crippen LogP contribution < -0.4 is 11.1 Å². The molecule has 7 nitrogen and oxygen atoms in total. The number of carbonyl (C=O) groups excluding carboxylic acids is 3. The third kappa shape index (κ3) is 3.24. The largest absolute Gasteiger partial charge is 0.326 e. The lowest BCUT2D eigenvalue weighted by Crippen LogP contribution is -2.52. The first-order chi connectivity index (χ1) is 14.5. The van der Waals surface area contributed by atoms with Gasteiger partial charge in [0.1, 0.15) is 6.04 Å². The molecule has 1 aliphatic carbocycles. The Hall–Kier alpha value is -2.25. The molecule has 1 aromatic carbocycles. The molecule has 3 amide bonds. The lowest BCUT2D eigenvalue weighted by atomic mass is 9.79. The highest BCUT2D eigenvalue weighted by Crippen LogP contribution is 2.42. The number of imide groups is 1. The van der Waals surface area contributed by atoms with Crippen LogP contribution in [0, 0.1) is 0 Å². The van der Waals surface area contributed by atoms with Gasteiger partial charge in [-0.05, 0) is 36.8 Å². The third-order valence-electron chi connectivity index (χ3n) is 7.55. The van der Waals surface area contributed by atoms with Crippen LogP contribution in [0.2, 0.25) is 0 Å². The molecule has 3 fully saturated rings. The summed E-state index contributed by atoms with van der Waals surface area (Å²) in [6.07, 6.45) is 7.87. The smallest absolute Gasteiger partial charge is 0.255 e. The number of likely N-dealkylation sites (tertiary alicyclic amines) is 1. The molecule has 30 heavy (non-hydrogen) atoms. The number of hydrogen-bond acceptors (Lipinski definition) is 5. The molecule has 0 aromatic heterocycles. The molecule has 3 heterocycles. The maximum absolute atomic E-state index is 13.4. The Morgan fingerprint density at radius 3 is 2.70 bits per heavy atom. The van der Waals surface area contributed by atoms with Crippen LogP contribution in [0.5, 0.6) is 0 Å². The van der Waals surface area contributed by atoms with Crippen LogP contribution in [-0.4, -0.2) is 51.7 Å². The molecule has 3 N–H and O–H groups in total. The van der Waals surface area contributed by atoms with E-state index in [1.54, 1.807) is 4.90 Å². The average molecular weight is 411 g/mol. The highest BCUT2D eigenvalue weighted by molar-refractivity contribution is 6.06. The second-order valence-corrected chi connectivity index (χ2v) is 9.48. The van der Waals surface area contributed by atoms with Gasteiger partial charge in [-0.15, -0.1) is 0 Å². The number of rotatable bonds is 3. The van der Waals surface area contributed by atoms with Crippen LogP contribution in [0.25, 0.3) is 0 Å². The van der Waals surface area contributed by atoms with Gasteiger partial charge in [-0.1, -0.05) is 37.5 Å². The minimum absolute atomic E-state index is 0.0868. The zero-order valence-electron chi connectivity index (χ0n) is 17.4. The van der Waals surface area contributed by atoms with E-state index in [0.717, 1.165) is 36.2 Å². The average Bonchev–Trinajstić information content (AvgIpc) is 3.20. The van der Waals surface area contributed by atoms with Crippen molar-refractivity contribution >= 4 is 17.7 Å². The molecular formula is C23H30N4O3. The lowest BCUT2D eigenvalue weighted by molar-refractivity contribution is -0.136. The molecule has 7 heteroatoms. The SMILES string of the molecule is NC1CN(Cc2cccc3c2C(=O)N(C2CCC(=O)NC2=O)C3)C2(CCCCC2)C1. The van der Waals surface area contributed by atoms with Crippen LogP contribution in [0.3, 0.4) is 0 Å². The van der Waals surface area contributed by atoms with E-state index in [1.165, 1.54) is 32.1 Å². The number of fused-ring (bicyclic) bond motifs is 1. The topological polar surface area (TPSA) is 95.7 Å². The van der Waals surface area contributed by atoms with Gasteiger partial charge in [-0.3, -0.25) is 24.6 Å². The Kier molecular flexibility index (Phi) is 4.90. The van der Waals surface area contributed by atoms with Gasteiger partial charge in [-0.2, -0.15) is 0 Å². The van der Waals surface area contributed by atoms with Crippen molar-refractivity contribution in [2.75, 3.05) is 6.54 Å². The predicted octanol–water partition coefficient (Wildman–Crippen LogP) is 1.68. The normalized spacial score (nSPS) is 28.8. The number of piperidine rings is 1. The number of nitrogens with two attached hydrogens (primary N) is 1. The second kappa shape index (κ2) is 7.46. The van der Waals surface area contributed by atoms with Crippen molar-refractivity contribution in [2.45, 2.75) is 82.1 Å². The molecule has 5 rings (SSSR count). The van der Waals surface area contributed by atoms with Gasteiger partial charge in [0.15, 0.2) is 0 Å². The van der Waals surface area contributed by atoms with E-state index in [2.05, 4.69) is 10.2 Å². The number of benzene rings is 1. The molecule has 160 valence electrons. The molecule has 0 bridgehead atoms. The highest BCUT2D eigenvalue weighted by Gasteiger charge is 2.46. The molecule has 0 radical (unpaired) electrons. The molecule has 1 spiro atoms. The number of nitrogens with one attached hydrogen (secondary N) is 1. The maximum atomic E-state index is 13.4. The van der Waals surface area contributed by atoms with Crippen molar-refractivity contribution in [2.24, 2.45) is 5.73 Å². The summed E-state index contributed by atoms with van der Waals surface area (Å²) in [6, 6.07) is 5.66. The van der Waals surface area contributed by atoms with E-state index >= 15 is 0 Å². The summed E-state index contributed by atoms with van der Waals surface area (Å²) in [7, 11) is 0. The van der Waals surface area contributed by atoms with Gasteiger partial charge in [0.05, 0.1) is 0 Å². The molecule has 2 unspecified atom stereocenters. The Bertz CT molecular complexity index is 892. The molecule has 1 saturated carbocycles. The fourth-order valence-electron chi connectivity index (χ4n) is 6.15. The van der Waals surface area contributed by atoms with Crippen LogP contribution in [0.4, 0.5) is 0 Å². The number of hydrogen-bond donors (Lipinski definition) is 2. The van der Waals surface area contributed by atoms with E-state index < -0.39 is 6.04 Å². The minimum atomic E-state index is -0.569. The molecule has 2 saturated heterocycles. The van der Waals surface area contributed by atoms with Crippen molar-refractivity contribution in [3.63, 3.8) is 0 Å². The monoisotopic (exact) mass is 410 g/mol. The summed E-state index contributed by atoms with van der Waals surface area (Å²) < 4.78 is 0. The fraction of sp³-hybridized carbons (Fsp3) is 0.609. The molecule has 1 aromatic rings. The number of amides is 3. The lowest BCUT2D eigenvalue weighted by Gasteiger charge is -2.42. The van der Waals surface area contributed by atoms with Crippen molar-refractivity contribution in [1.29, 1.82) is 0 Å².